The van der Waals surface area contributed by atoms with Gasteiger partial charge in [-0.2, -0.15) is 13.2 Å². The van der Waals surface area contributed by atoms with Crippen molar-refractivity contribution in [2.24, 2.45) is 5.92 Å². The van der Waals surface area contributed by atoms with Gasteiger partial charge in [-0.05, 0) is 18.5 Å². The van der Waals surface area contributed by atoms with Gasteiger partial charge in [0.15, 0.2) is 6.10 Å². The van der Waals surface area contributed by atoms with Gasteiger partial charge >= 0.3 is 6.18 Å². The molecule has 2 nitrogen and oxygen atoms in total. The second kappa shape index (κ2) is 5.28. The molecule has 1 fully saturated rings. The molecule has 100 valence electrons. The number of hydrogen-bond donors (Lipinski definition) is 1. The van der Waals surface area contributed by atoms with E-state index in [2.05, 4.69) is 0 Å². The minimum atomic E-state index is -4.51. The molecule has 1 aromatic carbocycles. The monoisotopic (exact) mass is 259 g/mol. The van der Waals surface area contributed by atoms with Crippen molar-refractivity contribution in [3.05, 3.63) is 35.9 Å². The van der Waals surface area contributed by atoms with Gasteiger partial charge in [0.1, 0.15) is 0 Å². The van der Waals surface area contributed by atoms with Gasteiger partial charge in [0.2, 0.25) is 0 Å². The summed E-state index contributed by atoms with van der Waals surface area (Å²) in [6.07, 6.45) is -6.31. The van der Waals surface area contributed by atoms with Crippen molar-refractivity contribution in [2.75, 3.05) is 13.1 Å². The third-order valence-corrected chi connectivity index (χ3v) is 3.34. The van der Waals surface area contributed by atoms with Crippen molar-refractivity contribution >= 4 is 0 Å². The maximum Gasteiger partial charge on any atom is 0.414 e. The third kappa shape index (κ3) is 3.23. The Morgan fingerprint density at radius 3 is 2.56 bits per heavy atom. The van der Waals surface area contributed by atoms with Crippen molar-refractivity contribution in [3.63, 3.8) is 0 Å². The molecule has 0 aromatic heterocycles. The van der Waals surface area contributed by atoms with Crippen molar-refractivity contribution in [1.29, 1.82) is 0 Å². The fraction of sp³-hybridized carbons (Fsp3) is 0.538. The van der Waals surface area contributed by atoms with Crippen LogP contribution in [0.25, 0.3) is 0 Å². The van der Waals surface area contributed by atoms with Crippen LogP contribution in [0.4, 0.5) is 13.2 Å². The van der Waals surface area contributed by atoms with Crippen molar-refractivity contribution < 1.29 is 18.3 Å². The lowest BCUT2D eigenvalue weighted by Crippen LogP contribution is -2.37. The highest BCUT2D eigenvalue weighted by atomic mass is 19.4. The summed E-state index contributed by atoms with van der Waals surface area (Å²) in [5.74, 6) is -0.700. The Morgan fingerprint density at radius 2 is 1.94 bits per heavy atom. The first-order valence-electron chi connectivity index (χ1n) is 5.98. The predicted molar refractivity (Wildman–Crippen MR) is 61.9 cm³/mol. The van der Waals surface area contributed by atoms with E-state index in [1.54, 1.807) is 0 Å². The molecule has 2 unspecified atom stereocenters. The maximum absolute atomic E-state index is 12.4. The number of nitrogens with zero attached hydrogens (tertiary/aromatic N) is 1. The summed E-state index contributed by atoms with van der Waals surface area (Å²) in [5.41, 5.74) is 1.08. The normalized spacial score (nSPS) is 23.2. The predicted octanol–water partition coefficient (Wildman–Crippen LogP) is 2.43. The standard InChI is InChI=1S/C13H16F3NO/c14-13(15,16)12(18)11-6-7-17(9-11)8-10-4-2-1-3-5-10/h1-5,11-12,18H,6-9H2. The zero-order valence-corrected chi connectivity index (χ0v) is 9.90. The first-order chi connectivity index (χ1) is 8.47. The quantitative estimate of drug-likeness (QED) is 0.901. The van der Waals surface area contributed by atoms with E-state index in [0.29, 0.717) is 26.1 Å². The summed E-state index contributed by atoms with van der Waals surface area (Å²) >= 11 is 0. The molecule has 1 N–H and O–H groups in total. The van der Waals surface area contributed by atoms with E-state index < -0.39 is 18.2 Å². The van der Waals surface area contributed by atoms with Gasteiger partial charge in [-0.25, -0.2) is 0 Å². The van der Waals surface area contributed by atoms with E-state index in [1.807, 2.05) is 35.2 Å². The van der Waals surface area contributed by atoms with Crippen LogP contribution < -0.4 is 0 Å². The van der Waals surface area contributed by atoms with E-state index in [9.17, 15) is 18.3 Å². The van der Waals surface area contributed by atoms with E-state index in [-0.39, 0.29) is 0 Å². The van der Waals surface area contributed by atoms with Gasteiger partial charge in [-0.15, -0.1) is 0 Å². The average Bonchev–Trinajstić information content (AvgIpc) is 2.76. The smallest absolute Gasteiger partial charge is 0.383 e. The van der Waals surface area contributed by atoms with Gasteiger partial charge < -0.3 is 5.11 Å². The third-order valence-electron chi connectivity index (χ3n) is 3.34. The molecule has 2 atom stereocenters. The summed E-state index contributed by atoms with van der Waals surface area (Å²) in [4.78, 5) is 1.95. The summed E-state index contributed by atoms with van der Waals surface area (Å²) < 4.78 is 37.2. The highest BCUT2D eigenvalue weighted by Crippen LogP contribution is 2.31. The van der Waals surface area contributed by atoms with Crippen molar-refractivity contribution in [2.45, 2.75) is 25.2 Å². The second-order valence-corrected chi connectivity index (χ2v) is 4.76. The molecule has 1 aliphatic heterocycles. The molecule has 0 saturated carbocycles. The second-order valence-electron chi connectivity index (χ2n) is 4.76. The SMILES string of the molecule is OC(C1CCN(Cc2ccccc2)C1)C(F)(F)F. The van der Waals surface area contributed by atoms with Crippen LogP contribution in [0.15, 0.2) is 30.3 Å². The number of halogens is 3. The van der Waals surface area contributed by atoms with Crippen LogP contribution in [-0.4, -0.2) is 35.4 Å². The number of rotatable bonds is 3. The maximum atomic E-state index is 12.4. The van der Waals surface area contributed by atoms with Crippen LogP contribution in [0, 0.1) is 5.92 Å². The Hall–Kier alpha value is -1.07. The summed E-state index contributed by atoms with van der Waals surface area (Å²) in [6.45, 7) is 1.55. The minimum Gasteiger partial charge on any atom is -0.383 e. The fourth-order valence-electron chi connectivity index (χ4n) is 2.37. The summed E-state index contributed by atoms with van der Waals surface area (Å²) in [6, 6.07) is 9.63. The number of benzene rings is 1. The summed E-state index contributed by atoms with van der Waals surface area (Å²) in [5, 5.41) is 9.22. The minimum absolute atomic E-state index is 0.301. The molecule has 0 bridgehead atoms. The molecule has 5 heteroatoms. The van der Waals surface area contributed by atoms with Gasteiger partial charge in [-0.1, -0.05) is 30.3 Å². The van der Waals surface area contributed by atoms with Crippen LogP contribution in [-0.2, 0) is 6.54 Å². The molecule has 0 aliphatic carbocycles. The molecular formula is C13H16F3NO. The Morgan fingerprint density at radius 1 is 1.28 bits per heavy atom. The number of likely N-dealkylation sites (tertiary alicyclic amines) is 1. The highest BCUT2D eigenvalue weighted by molar-refractivity contribution is 5.14. The van der Waals surface area contributed by atoms with Crippen LogP contribution in [0.1, 0.15) is 12.0 Å². The lowest BCUT2D eigenvalue weighted by Gasteiger charge is -2.21. The van der Waals surface area contributed by atoms with E-state index in [1.165, 1.54) is 0 Å². The first-order valence-corrected chi connectivity index (χ1v) is 5.98. The highest BCUT2D eigenvalue weighted by Gasteiger charge is 2.45. The fourth-order valence-corrected chi connectivity index (χ4v) is 2.37. The molecule has 18 heavy (non-hydrogen) atoms. The molecule has 1 saturated heterocycles. The van der Waals surface area contributed by atoms with Crippen LogP contribution in [0.5, 0.6) is 0 Å². The summed E-state index contributed by atoms with van der Waals surface area (Å²) in [7, 11) is 0. The molecule has 1 aromatic rings. The van der Waals surface area contributed by atoms with Crippen molar-refractivity contribution in [1.82, 2.24) is 4.90 Å². The molecule has 0 radical (unpaired) electrons. The first kappa shape index (κ1) is 13.4. The molecule has 0 amide bonds. The molecule has 1 heterocycles. The zero-order valence-electron chi connectivity index (χ0n) is 9.90. The Balaban J connectivity index is 1.89. The molecular weight excluding hydrogens is 243 g/mol. The van der Waals surface area contributed by atoms with Crippen LogP contribution in [0.2, 0.25) is 0 Å². The lowest BCUT2D eigenvalue weighted by atomic mass is 10.0. The Bertz CT molecular complexity index is 380. The lowest BCUT2D eigenvalue weighted by molar-refractivity contribution is -0.218. The van der Waals surface area contributed by atoms with Gasteiger partial charge in [-0.3, -0.25) is 4.90 Å². The average molecular weight is 259 g/mol. The Kier molecular flexibility index (Phi) is 3.92. The van der Waals surface area contributed by atoms with Crippen molar-refractivity contribution in [3.8, 4) is 0 Å². The van der Waals surface area contributed by atoms with E-state index >= 15 is 0 Å². The topological polar surface area (TPSA) is 23.5 Å². The van der Waals surface area contributed by atoms with Gasteiger partial charge in [0.25, 0.3) is 0 Å². The number of aliphatic hydroxyl groups excluding tert-OH is 1. The van der Waals surface area contributed by atoms with Crippen LogP contribution >= 0.6 is 0 Å². The number of alkyl halides is 3. The molecule has 0 spiro atoms. The van der Waals surface area contributed by atoms with E-state index in [0.717, 1.165) is 5.56 Å². The number of aliphatic hydroxyl groups is 1. The number of hydrogen-bond acceptors (Lipinski definition) is 2. The van der Waals surface area contributed by atoms with Crippen LogP contribution in [0.3, 0.4) is 0 Å². The van der Waals surface area contributed by atoms with Gasteiger partial charge in [0, 0.05) is 19.0 Å². The van der Waals surface area contributed by atoms with E-state index in [4.69, 9.17) is 0 Å². The molecule has 1 aliphatic rings. The largest absolute Gasteiger partial charge is 0.414 e. The zero-order chi connectivity index (χ0) is 13.2. The van der Waals surface area contributed by atoms with Gasteiger partial charge in [0.05, 0.1) is 0 Å². The molecule has 2 rings (SSSR count). The Labute approximate surface area is 104 Å².